The van der Waals surface area contributed by atoms with Gasteiger partial charge in [0, 0.05) is 6.54 Å². The number of hydrogen-bond donors (Lipinski definition) is 1. The molecule has 2 aromatic carbocycles. The van der Waals surface area contributed by atoms with Crippen LogP contribution in [0, 0.1) is 0 Å². The molecule has 29 heavy (non-hydrogen) atoms. The second-order valence-electron chi connectivity index (χ2n) is 7.12. The molecule has 1 amide bonds. The zero-order valence-electron chi connectivity index (χ0n) is 16.1. The molecule has 1 N–H and O–H groups in total. The van der Waals surface area contributed by atoms with Crippen molar-refractivity contribution in [2.45, 2.75) is 18.9 Å². The van der Waals surface area contributed by atoms with Crippen LogP contribution in [0.2, 0.25) is 0 Å². The number of carbonyl (C=O) groups excluding carboxylic acids is 1. The third kappa shape index (κ3) is 3.04. The summed E-state index contributed by atoms with van der Waals surface area (Å²) < 4.78 is 7.14. The smallest absolute Gasteiger partial charge is 0.278 e. The van der Waals surface area contributed by atoms with Gasteiger partial charge < -0.3 is 14.6 Å². The topological polar surface area (TPSA) is 76.0 Å². The number of imidazole rings is 1. The van der Waals surface area contributed by atoms with E-state index in [1.807, 2.05) is 59.5 Å². The summed E-state index contributed by atoms with van der Waals surface area (Å²) in [6, 6.07) is 17.5. The van der Waals surface area contributed by atoms with E-state index >= 15 is 0 Å². The number of H-pyrrole nitrogens is 1. The van der Waals surface area contributed by atoms with Gasteiger partial charge in [0.1, 0.15) is 5.82 Å². The van der Waals surface area contributed by atoms with Gasteiger partial charge in [-0.1, -0.05) is 30.3 Å². The lowest BCUT2D eigenvalue weighted by Gasteiger charge is -2.22. The zero-order valence-corrected chi connectivity index (χ0v) is 16.1. The highest BCUT2D eigenvalue weighted by Gasteiger charge is 2.35. The number of para-hydroxylation sites is 3. The van der Waals surface area contributed by atoms with Crippen LogP contribution in [-0.4, -0.2) is 44.2 Å². The number of fused-ring (bicyclic) bond motifs is 1. The average Bonchev–Trinajstić information content (AvgIpc) is 3.50. The quantitative estimate of drug-likeness (QED) is 0.579. The van der Waals surface area contributed by atoms with Crippen LogP contribution in [0.15, 0.2) is 60.8 Å². The van der Waals surface area contributed by atoms with E-state index in [0.717, 1.165) is 35.4 Å². The highest BCUT2D eigenvalue weighted by atomic mass is 16.5. The molecule has 1 aliphatic heterocycles. The number of rotatable bonds is 4. The van der Waals surface area contributed by atoms with E-state index in [-0.39, 0.29) is 11.9 Å². The fourth-order valence-electron chi connectivity index (χ4n) is 3.93. The van der Waals surface area contributed by atoms with Crippen LogP contribution in [-0.2, 0) is 0 Å². The molecular weight excluding hydrogens is 366 g/mol. The predicted molar refractivity (Wildman–Crippen MR) is 109 cm³/mol. The number of aromatic amines is 1. The van der Waals surface area contributed by atoms with E-state index in [0.29, 0.717) is 18.0 Å². The van der Waals surface area contributed by atoms with Crippen molar-refractivity contribution in [3.8, 4) is 11.4 Å². The molecule has 0 saturated carbocycles. The molecule has 2 aromatic heterocycles. The lowest BCUT2D eigenvalue weighted by Crippen LogP contribution is -2.31. The Kier molecular flexibility index (Phi) is 4.27. The number of nitrogens with one attached hydrogen (secondary N) is 1. The molecule has 0 spiro atoms. The maximum absolute atomic E-state index is 13.4. The summed E-state index contributed by atoms with van der Waals surface area (Å²) in [4.78, 5) is 23.3. The van der Waals surface area contributed by atoms with Gasteiger partial charge in [0.15, 0.2) is 11.4 Å². The molecule has 4 aromatic rings. The highest BCUT2D eigenvalue weighted by molar-refractivity contribution is 5.95. The minimum atomic E-state index is -0.139. The molecule has 1 saturated heterocycles. The van der Waals surface area contributed by atoms with Crippen molar-refractivity contribution in [1.29, 1.82) is 0 Å². The summed E-state index contributed by atoms with van der Waals surface area (Å²) in [5, 5.41) is 4.54. The Hall–Kier alpha value is -3.61. The van der Waals surface area contributed by atoms with E-state index in [4.69, 9.17) is 9.72 Å². The number of ether oxygens (including phenoxy) is 1. The van der Waals surface area contributed by atoms with Gasteiger partial charge in [-0.3, -0.25) is 4.79 Å². The number of carbonyl (C=O) groups is 1. The number of likely N-dealkylation sites (tertiary alicyclic amines) is 1. The Balaban J connectivity index is 1.48. The van der Waals surface area contributed by atoms with Crippen LogP contribution in [0.5, 0.6) is 5.75 Å². The summed E-state index contributed by atoms with van der Waals surface area (Å²) in [6.45, 7) is 0.669. The van der Waals surface area contributed by atoms with Crippen molar-refractivity contribution in [2.75, 3.05) is 13.7 Å². The molecule has 7 heteroatoms. The SMILES string of the molecule is COc1cn(-c2ccccc2)nc1C(=O)N1CCCC1c1nc2ccccc2[nH]1. The molecule has 1 fully saturated rings. The normalized spacial score (nSPS) is 16.4. The summed E-state index contributed by atoms with van der Waals surface area (Å²) in [5.41, 5.74) is 3.08. The van der Waals surface area contributed by atoms with Gasteiger partial charge in [0.05, 0.1) is 36.1 Å². The lowest BCUT2D eigenvalue weighted by molar-refractivity contribution is 0.0720. The van der Waals surface area contributed by atoms with Gasteiger partial charge in [0.2, 0.25) is 0 Å². The minimum Gasteiger partial charge on any atom is -0.493 e. The number of benzene rings is 2. The average molecular weight is 387 g/mol. The Morgan fingerprint density at radius 3 is 2.72 bits per heavy atom. The minimum absolute atomic E-state index is 0.0959. The number of methoxy groups -OCH3 is 1. The number of aromatic nitrogens is 4. The summed E-state index contributed by atoms with van der Waals surface area (Å²) in [6.07, 6.45) is 3.54. The Morgan fingerprint density at radius 2 is 1.93 bits per heavy atom. The van der Waals surface area contributed by atoms with E-state index < -0.39 is 0 Å². The van der Waals surface area contributed by atoms with Crippen LogP contribution in [0.25, 0.3) is 16.7 Å². The van der Waals surface area contributed by atoms with E-state index in [1.165, 1.54) is 0 Å². The second-order valence-corrected chi connectivity index (χ2v) is 7.12. The molecule has 0 aliphatic carbocycles. The molecule has 7 nitrogen and oxygen atoms in total. The van der Waals surface area contributed by atoms with Gasteiger partial charge in [-0.05, 0) is 37.1 Å². The molecule has 3 heterocycles. The fraction of sp³-hybridized carbons (Fsp3) is 0.227. The van der Waals surface area contributed by atoms with Gasteiger partial charge >= 0.3 is 0 Å². The zero-order chi connectivity index (χ0) is 19.8. The van der Waals surface area contributed by atoms with Gasteiger partial charge in [-0.25, -0.2) is 9.67 Å². The predicted octanol–water partition coefficient (Wildman–Crippen LogP) is 3.73. The Labute approximate surface area is 167 Å². The van der Waals surface area contributed by atoms with Crippen LogP contribution >= 0.6 is 0 Å². The van der Waals surface area contributed by atoms with Crippen LogP contribution in [0.4, 0.5) is 0 Å². The molecule has 1 atom stereocenters. The van der Waals surface area contributed by atoms with Crippen molar-refractivity contribution in [3.05, 3.63) is 72.3 Å². The van der Waals surface area contributed by atoms with Crippen molar-refractivity contribution >= 4 is 16.9 Å². The second kappa shape index (κ2) is 7.09. The van der Waals surface area contributed by atoms with Crippen molar-refractivity contribution in [3.63, 3.8) is 0 Å². The summed E-state index contributed by atoms with van der Waals surface area (Å²) >= 11 is 0. The third-order valence-corrected chi connectivity index (χ3v) is 5.36. The first-order valence-corrected chi connectivity index (χ1v) is 9.69. The Bertz CT molecular complexity index is 1130. The first kappa shape index (κ1) is 17.5. The van der Waals surface area contributed by atoms with E-state index in [1.54, 1.807) is 18.0 Å². The Morgan fingerprint density at radius 1 is 1.14 bits per heavy atom. The maximum atomic E-state index is 13.4. The monoisotopic (exact) mass is 387 g/mol. The molecule has 1 aliphatic rings. The molecular formula is C22H21N5O2. The summed E-state index contributed by atoms with van der Waals surface area (Å²) in [5.74, 6) is 1.15. The molecule has 1 unspecified atom stereocenters. The molecule has 0 radical (unpaired) electrons. The first-order chi connectivity index (χ1) is 14.2. The highest BCUT2D eigenvalue weighted by Crippen LogP contribution is 2.34. The third-order valence-electron chi connectivity index (χ3n) is 5.36. The number of amides is 1. The number of nitrogens with zero attached hydrogens (tertiary/aromatic N) is 4. The lowest BCUT2D eigenvalue weighted by atomic mass is 10.2. The van der Waals surface area contributed by atoms with Crippen LogP contribution in [0.3, 0.4) is 0 Å². The maximum Gasteiger partial charge on any atom is 0.278 e. The standard InChI is InChI=1S/C22H21N5O2/c1-29-19-14-27(15-8-3-2-4-9-15)25-20(19)22(28)26-13-7-12-18(26)21-23-16-10-5-6-11-17(16)24-21/h2-6,8-11,14,18H,7,12-13H2,1H3,(H,23,24). The largest absolute Gasteiger partial charge is 0.493 e. The van der Waals surface area contributed by atoms with Crippen molar-refractivity contribution < 1.29 is 9.53 Å². The van der Waals surface area contributed by atoms with Crippen LogP contribution < -0.4 is 4.74 Å². The van der Waals surface area contributed by atoms with Crippen LogP contribution in [0.1, 0.15) is 35.2 Å². The van der Waals surface area contributed by atoms with Gasteiger partial charge in [-0.2, -0.15) is 5.10 Å². The van der Waals surface area contributed by atoms with Gasteiger partial charge in [0.25, 0.3) is 5.91 Å². The van der Waals surface area contributed by atoms with Gasteiger partial charge in [-0.15, -0.1) is 0 Å². The van der Waals surface area contributed by atoms with E-state index in [9.17, 15) is 4.79 Å². The molecule has 0 bridgehead atoms. The van der Waals surface area contributed by atoms with Crippen molar-refractivity contribution in [1.82, 2.24) is 24.6 Å². The molecule has 146 valence electrons. The van der Waals surface area contributed by atoms with E-state index in [2.05, 4.69) is 10.1 Å². The summed E-state index contributed by atoms with van der Waals surface area (Å²) in [7, 11) is 1.56. The van der Waals surface area contributed by atoms with Crippen molar-refractivity contribution in [2.24, 2.45) is 0 Å². The number of hydrogen-bond acceptors (Lipinski definition) is 4. The molecule has 5 rings (SSSR count). The first-order valence-electron chi connectivity index (χ1n) is 9.69. The fourth-order valence-corrected chi connectivity index (χ4v) is 3.93.